The second kappa shape index (κ2) is 11.4. The fraction of sp³-hybridized carbons (Fsp3) is 0.500. The fourth-order valence-electron chi connectivity index (χ4n) is 5.26. The minimum atomic E-state index is -4.34. The summed E-state index contributed by atoms with van der Waals surface area (Å²) in [5, 5.41) is 2.70. The van der Waals surface area contributed by atoms with E-state index in [0.717, 1.165) is 36.1 Å². The highest BCUT2D eigenvalue weighted by molar-refractivity contribution is 5.84. The maximum absolute atomic E-state index is 12.8. The summed E-state index contributed by atoms with van der Waals surface area (Å²) in [4.78, 5) is 28.5. The van der Waals surface area contributed by atoms with Gasteiger partial charge in [-0.2, -0.15) is 13.2 Å². The van der Waals surface area contributed by atoms with Gasteiger partial charge in [0.05, 0.1) is 18.2 Å². The summed E-state index contributed by atoms with van der Waals surface area (Å²) in [5.74, 6) is 0. The number of rotatable bonds is 7. The molecule has 1 N–H and O–H groups in total. The van der Waals surface area contributed by atoms with E-state index in [2.05, 4.69) is 10.2 Å². The lowest BCUT2D eigenvalue weighted by molar-refractivity contribution is -0.137. The van der Waals surface area contributed by atoms with Crippen molar-refractivity contribution in [3.63, 3.8) is 0 Å². The van der Waals surface area contributed by atoms with E-state index in [4.69, 9.17) is 14.2 Å². The van der Waals surface area contributed by atoms with E-state index in [1.54, 1.807) is 17.0 Å². The predicted octanol–water partition coefficient (Wildman–Crippen LogP) is 5.42. The van der Waals surface area contributed by atoms with E-state index in [0.29, 0.717) is 57.9 Å². The van der Waals surface area contributed by atoms with Crippen molar-refractivity contribution in [1.82, 2.24) is 9.80 Å². The van der Waals surface area contributed by atoms with Crippen molar-refractivity contribution < 1.29 is 37.0 Å². The molecule has 39 heavy (non-hydrogen) atoms. The molecule has 2 aromatic rings. The van der Waals surface area contributed by atoms with Crippen LogP contribution in [0.3, 0.4) is 0 Å². The Kier molecular flexibility index (Phi) is 7.99. The summed E-state index contributed by atoms with van der Waals surface area (Å²) in [6.07, 6.45) is -2.08. The van der Waals surface area contributed by atoms with E-state index in [-0.39, 0.29) is 18.8 Å². The largest absolute Gasteiger partial charge is 0.447 e. The highest BCUT2D eigenvalue weighted by Gasteiger charge is 2.46. The Bertz CT molecular complexity index is 1140. The SMILES string of the molecule is O=C(Nc1ccc(CN2CC3(CCN(Cc4ccc(C(F)(F)F)cc4)CC3)OC2=O)cc1)OCC1CCCO1. The molecule has 2 amide bonds. The summed E-state index contributed by atoms with van der Waals surface area (Å²) in [6, 6.07) is 12.5. The Balaban J connectivity index is 1.07. The van der Waals surface area contributed by atoms with Gasteiger partial charge in [-0.25, -0.2) is 9.59 Å². The number of ether oxygens (including phenoxy) is 3. The monoisotopic (exact) mass is 547 g/mol. The molecule has 3 fully saturated rings. The summed E-state index contributed by atoms with van der Waals surface area (Å²) in [7, 11) is 0. The molecule has 0 aromatic heterocycles. The lowest BCUT2D eigenvalue weighted by Gasteiger charge is -2.37. The van der Waals surface area contributed by atoms with Gasteiger partial charge in [0.25, 0.3) is 0 Å². The maximum atomic E-state index is 12.8. The van der Waals surface area contributed by atoms with Crippen molar-refractivity contribution in [2.24, 2.45) is 0 Å². The van der Waals surface area contributed by atoms with Crippen LogP contribution < -0.4 is 5.32 Å². The topological polar surface area (TPSA) is 80.3 Å². The van der Waals surface area contributed by atoms with Crippen LogP contribution in [-0.4, -0.2) is 66.5 Å². The van der Waals surface area contributed by atoms with E-state index < -0.39 is 23.4 Å². The molecule has 8 nitrogen and oxygen atoms in total. The molecular weight excluding hydrogens is 515 g/mol. The zero-order chi connectivity index (χ0) is 27.5. The lowest BCUT2D eigenvalue weighted by atomic mass is 9.91. The van der Waals surface area contributed by atoms with Crippen LogP contribution >= 0.6 is 0 Å². The predicted molar refractivity (Wildman–Crippen MR) is 136 cm³/mol. The summed E-state index contributed by atoms with van der Waals surface area (Å²) < 4.78 is 54.9. The van der Waals surface area contributed by atoms with Gasteiger partial charge in [-0.1, -0.05) is 24.3 Å². The highest BCUT2D eigenvalue weighted by Crippen LogP contribution is 2.35. The Morgan fingerprint density at radius 1 is 1.03 bits per heavy atom. The van der Waals surface area contributed by atoms with Gasteiger partial charge in [0.1, 0.15) is 12.2 Å². The van der Waals surface area contributed by atoms with Crippen molar-refractivity contribution in [3.8, 4) is 0 Å². The van der Waals surface area contributed by atoms with E-state index in [1.807, 2.05) is 12.1 Å². The molecule has 0 bridgehead atoms. The average Bonchev–Trinajstić information content (AvgIpc) is 3.53. The molecule has 0 aliphatic carbocycles. The zero-order valence-electron chi connectivity index (χ0n) is 21.5. The van der Waals surface area contributed by atoms with Crippen LogP contribution in [0.1, 0.15) is 42.4 Å². The molecule has 3 aliphatic rings. The van der Waals surface area contributed by atoms with Crippen LogP contribution in [0.15, 0.2) is 48.5 Å². The zero-order valence-corrected chi connectivity index (χ0v) is 21.5. The molecule has 1 unspecified atom stereocenters. The summed E-state index contributed by atoms with van der Waals surface area (Å²) in [5.41, 5.74) is 1.11. The summed E-state index contributed by atoms with van der Waals surface area (Å²) >= 11 is 0. The number of nitrogens with zero attached hydrogens (tertiary/aromatic N) is 2. The second-order valence-electron chi connectivity index (χ2n) is 10.4. The molecule has 210 valence electrons. The molecule has 3 aliphatic heterocycles. The number of halogens is 3. The number of likely N-dealkylation sites (tertiary alicyclic amines) is 1. The van der Waals surface area contributed by atoms with Gasteiger partial charge in [0, 0.05) is 51.3 Å². The van der Waals surface area contributed by atoms with E-state index >= 15 is 0 Å². The first-order valence-corrected chi connectivity index (χ1v) is 13.2. The van der Waals surface area contributed by atoms with Crippen molar-refractivity contribution in [1.29, 1.82) is 0 Å². The minimum Gasteiger partial charge on any atom is -0.447 e. The van der Waals surface area contributed by atoms with Crippen LogP contribution in [0.5, 0.6) is 0 Å². The number of hydrogen-bond acceptors (Lipinski definition) is 6. The first-order chi connectivity index (χ1) is 18.7. The van der Waals surface area contributed by atoms with Gasteiger partial charge in [-0.15, -0.1) is 0 Å². The van der Waals surface area contributed by atoms with Gasteiger partial charge in [0.15, 0.2) is 0 Å². The highest BCUT2D eigenvalue weighted by atomic mass is 19.4. The first-order valence-electron chi connectivity index (χ1n) is 13.2. The van der Waals surface area contributed by atoms with Crippen LogP contribution in [0.4, 0.5) is 28.4 Å². The Morgan fingerprint density at radius 2 is 1.69 bits per heavy atom. The number of hydrogen-bond donors (Lipinski definition) is 1. The molecule has 3 saturated heterocycles. The van der Waals surface area contributed by atoms with Crippen molar-refractivity contribution in [3.05, 3.63) is 65.2 Å². The number of anilines is 1. The molecule has 5 rings (SSSR count). The number of nitrogens with one attached hydrogen (secondary N) is 1. The van der Waals surface area contributed by atoms with Crippen LogP contribution in [0, 0.1) is 0 Å². The number of amides is 2. The van der Waals surface area contributed by atoms with Crippen LogP contribution in [0.25, 0.3) is 0 Å². The Labute approximate surface area is 225 Å². The number of carbonyl (C=O) groups excluding carboxylic acids is 2. The van der Waals surface area contributed by atoms with Gasteiger partial charge in [-0.3, -0.25) is 15.1 Å². The third-order valence-electron chi connectivity index (χ3n) is 7.49. The van der Waals surface area contributed by atoms with Gasteiger partial charge >= 0.3 is 18.4 Å². The molecule has 11 heteroatoms. The molecule has 2 aromatic carbocycles. The molecule has 1 atom stereocenters. The molecule has 1 spiro atoms. The number of alkyl halides is 3. The van der Waals surface area contributed by atoms with Crippen molar-refractivity contribution >= 4 is 17.9 Å². The standard InChI is InChI=1S/C28H32F3N3O5/c29-28(30,31)22-7-3-20(4-8-22)16-33-13-11-27(12-14-33)19-34(26(36)39-27)17-21-5-9-23(10-6-21)32-25(35)38-18-24-2-1-15-37-24/h3-10,24H,1-2,11-19H2,(H,32,35). The number of benzene rings is 2. The van der Waals surface area contributed by atoms with Crippen molar-refractivity contribution in [2.75, 3.05) is 38.2 Å². The third-order valence-corrected chi connectivity index (χ3v) is 7.49. The molecule has 0 radical (unpaired) electrons. The van der Waals surface area contributed by atoms with Crippen LogP contribution in [0.2, 0.25) is 0 Å². The summed E-state index contributed by atoms with van der Waals surface area (Å²) in [6.45, 7) is 3.73. The number of carbonyl (C=O) groups is 2. The fourth-order valence-corrected chi connectivity index (χ4v) is 5.26. The quantitative estimate of drug-likeness (QED) is 0.499. The van der Waals surface area contributed by atoms with E-state index in [9.17, 15) is 22.8 Å². The average molecular weight is 548 g/mol. The van der Waals surface area contributed by atoms with Crippen molar-refractivity contribution in [2.45, 2.75) is 56.7 Å². The molecular formula is C28H32F3N3O5. The van der Waals surface area contributed by atoms with Gasteiger partial charge in [0.2, 0.25) is 0 Å². The van der Waals surface area contributed by atoms with Gasteiger partial charge in [-0.05, 0) is 48.2 Å². The lowest BCUT2D eigenvalue weighted by Crippen LogP contribution is -2.46. The van der Waals surface area contributed by atoms with Crippen LogP contribution in [-0.2, 0) is 33.5 Å². The van der Waals surface area contributed by atoms with Gasteiger partial charge < -0.3 is 14.2 Å². The second-order valence-corrected chi connectivity index (χ2v) is 10.4. The Hall–Kier alpha value is -3.31. The minimum absolute atomic E-state index is 0.0343. The first kappa shape index (κ1) is 27.3. The molecule has 0 saturated carbocycles. The third kappa shape index (κ3) is 7.02. The maximum Gasteiger partial charge on any atom is 0.416 e. The number of piperidine rings is 1. The Morgan fingerprint density at radius 3 is 2.33 bits per heavy atom. The van der Waals surface area contributed by atoms with E-state index in [1.165, 1.54) is 12.1 Å². The molecule has 3 heterocycles. The smallest absolute Gasteiger partial charge is 0.416 e. The normalized spacial score (nSPS) is 21.3.